The molecule has 2 aromatic carbocycles. The molecule has 0 spiro atoms. The third kappa shape index (κ3) is 3.91. The highest BCUT2D eigenvalue weighted by molar-refractivity contribution is 7.89. The van der Waals surface area contributed by atoms with Gasteiger partial charge < -0.3 is 14.2 Å². The Hall–Kier alpha value is -2.89. The van der Waals surface area contributed by atoms with Crippen LogP contribution in [0, 0.1) is 10.1 Å². The fourth-order valence-corrected chi connectivity index (χ4v) is 4.99. The van der Waals surface area contributed by atoms with Gasteiger partial charge in [0.1, 0.15) is 0 Å². The number of benzene rings is 2. The summed E-state index contributed by atoms with van der Waals surface area (Å²) in [4.78, 5) is 12.6. The lowest BCUT2D eigenvalue weighted by molar-refractivity contribution is -0.386. The molecule has 10 nitrogen and oxygen atoms in total. The minimum atomic E-state index is -3.84. The van der Waals surface area contributed by atoms with E-state index in [1.54, 1.807) is 0 Å². The van der Waals surface area contributed by atoms with Gasteiger partial charge >= 0.3 is 5.69 Å². The third-order valence-electron chi connectivity index (χ3n) is 5.16. The Morgan fingerprint density at radius 2 is 1.80 bits per heavy atom. The molecule has 0 saturated carbocycles. The van der Waals surface area contributed by atoms with Crippen molar-refractivity contribution in [3.63, 3.8) is 0 Å². The molecule has 4 rings (SSSR count). The third-order valence-corrected chi connectivity index (χ3v) is 7.05. The second-order valence-corrected chi connectivity index (χ2v) is 8.90. The van der Waals surface area contributed by atoms with Crippen LogP contribution in [0.25, 0.3) is 0 Å². The Balaban J connectivity index is 1.43. The minimum Gasteiger partial charge on any atom is -0.490 e. The molecule has 0 aromatic heterocycles. The summed E-state index contributed by atoms with van der Waals surface area (Å²) in [6.45, 7) is 2.58. The topological polar surface area (TPSA) is 111 Å². The molecular formula is C19H21N3O7S. The molecule has 0 atom stereocenters. The Bertz CT molecular complexity index is 1070. The van der Waals surface area contributed by atoms with Crippen molar-refractivity contribution in [2.24, 2.45) is 0 Å². The van der Waals surface area contributed by atoms with Crippen molar-refractivity contribution in [2.45, 2.75) is 11.4 Å². The molecule has 1 saturated heterocycles. The van der Waals surface area contributed by atoms with E-state index >= 15 is 0 Å². The number of nitro groups is 1. The Morgan fingerprint density at radius 3 is 2.50 bits per heavy atom. The molecule has 0 aliphatic carbocycles. The smallest absolute Gasteiger partial charge is 0.312 e. The summed E-state index contributed by atoms with van der Waals surface area (Å²) >= 11 is 0. The monoisotopic (exact) mass is 435 g/mol. The second-order valence-electron chi connectivity index (χ2n) is 6.96. The van der Waals surface area contributed by atoms with Crippen LogP contribution >= 0.6 is 0 Å². The fourth-order valence-electron chi connectivity index (χ4n) is 3.55. The van der Waals surface area contributed by atoms with Crippen molar-refractivity contribution in [1.29, 1.82) is 0 Å². The summed E-state index contributed by atoms with van der Waals surface area (Å²) in [5.74, 6) is 1.46. The largest absolute Gasteiger partial charge is 0.490 e. The van der Waals surface area contributed by atoms with Gasteiger partial charge in [0.2, 0.25) is 16.8 Å². The van der Waals surface area contributed by atoms with Gasteiger partial charge in [0.15, 0.2) is 17.2 Å². The quantitative estimate of drug-likeness (QED) is 0.499. The zero-order valence-electron chi connectivity index (χ0n) is 16.3. The molecule has 11 heteroatoms. The van der Waals surface area contributed by atoms with E-state index in [-0.39, 0.29) is 23.1 Å². The van der Waals surface area contributed by atoms with Crippen LogP contribution < -0.4 is 14.2 Å². The molecule has 2 heterocycles. The maximum atomic E-state index is 13.0. The van der Waals surface area contributed by atoms with Crippen LogP contribution in [-0.4, -0.2) is 62.6 Å². The van der Waals surface area contributed by atoms with Crippen LogP contribution in [0.1, 0.15) is 5.56 Å². The summed E-state index contributed by atoms with van der Waals surface area (Å²) in [6.07, 6.45) is 0. The van der Waals surface area contributed by atoms with Gasteiger partial charge in [-0.15, -0.1) is 0 Å². The Labute approximate surface area is 173 Å². The lowest BCUT2D eigenvalue weighted by atomic mass is 10.2. The van der Waals surface area contributed by atoms with Crippen molar-refractivity contribution in [2.75, 3.05) is 40.1 Å². The Kier molecular flexibility index (Phi) is 5.50. The summed E-state index contributed by atoms with van der Waals surface area (Å²) in [5, 5.41) is 11.2. The van der Waals surface area contributed by atoms with Crippen molar-refractivity contribution < 1.29 is 27.6 Å². The van der Waals surface area contributed by atoms with Gasteiger partial charge in [-0.2, -0.15) is 4.31 Å². The van der Waals surface area contributed by atoms with Crippen molar-refractivity contribution in [3.05, 3.63) is 52.1 Å². The fraction of sp³-hybridized carbons (Fsp3) is 0.368. The average molecular weight is 435 g/mol. The van der Waals surface area contributed by atoms with E-state index in [1.807, 2.05) is 18.2 Å². The molecule has 0 bridgehead atoms. The number of fused-ring (bicyclic) bond motifs is 1. The van der Waals surface area contributed by atoms with E-state index in [4.69, 9.17) is 14.2 Å². The predicted molar refractivity (Wildman–Crippen MR) is 106 cm³/mol. The van der Waals surface area contributed by atoms with Gasteiger partial charge in [0, 0.05) is 38.8 Å². The van der Waals surface area contributed by atoms with E-state index < -0.39 is 14.9 Å². The van der Waals surface area contributed by atoms with Gasteiger partial charge in [-0.25, -0.2) is 8.42 Å². The maximum Gasteiger partial charge on any atom is 0.312 e. The van der Waals surface area contributed by atoms with Gasteiger partial charge in [-0.3, -0.25) is 15.0 Å². The van der Waals surface area contributed by atoms with Gasteiger partial charge in [0.25, 0.3) is 0 Å². The molecule has 0 unspecified atom stereocenters. The van der Waals surface area contributed by atoms with Crippen molar-refractivity contribution >= 4 is 15.7 Å². The van der Waals surface area contributed by atoms with Crippen LogP contribution in [0.3, 0.4) is 0 Å². The SMILES string of the molecule is COc1ccc(S(=O)(=O)N2CCN(Cc3ccc4c(c3)OCO4)CC2)cc1[N+](=O)[O-]. The highest BCUT2D eigenvalue weighted by Crippen LogP contribution is 2.33. The van der Waals surface area contributed by atoms with Crippen molar-refractivity contribution in [3.8, 4) is 17.2 Å². The molecule has 1 fully saturated rings. The van der Waals surface area contributed by atoms with E-state index in [0.29, 0.717) is 32.7 Å². The first kappa shape index (κ1) is 20.4. The first-order valence-corrected chi connectivity index (χ1v) is 10.8. The number of nitro benzene ring substituents is 1. The summed E-state index contributed by atoms with van der Waals surface area (Å²) in [5.41, 5.74) is 0.682. The summed E-state index contributed by atoms with van der Waals surface area (Å²) in [6, 6.07) is 9.46. The number of sulfonamides is 1. The Morgan fingerprint density at radius 1 is 1.07 bits per heavy atom. The summed E-state index contributed by atoms with van der Waals surface area (Å²) in [7, 11) is -2.54. The molecule has 0 radical (unpaired) electrons. The number of methoxy groups -OCH3 is 1. The average Bonchev–Trinajstić information content (AvgIpc) is 3.21. The number of hydrogen-bond donors (Lipinski definition) is 0. The number of nitrogens with zero attached hydrogens (tertiary/aromatic N) is 3. The number of hydrogen-bond acceptors (Lipinski definition) is 8. The molecule has 2 aliphatic rings. The highest BCUT2D eigenvalue weighted by Gasteiger charge is 2.30. The lowest BCUT2D eigenvalue weighted by Gasteiger charge is -2.34. The van der Waals surface area contributed by atoms with Crippen LogP contribution in [0.2, 0.25) is 0 Å². The van der Waals surface area contributed by atoms with Gasteiger partial charge in [0.05, 0.1) is 16.9 Å². The predicted octanol–water partition coefficient (Wildman–Crippen LogP) is 1.84. The van der Waals surface area contributed by atoms with Gasteiger partial charge in [-0.05, 0) is 29.8 Å². The first-order valence-electron chi connectivity index (χ1n) is 9.32. The van der Waals surface area contributed by atoms with Crippen LogP contribution in [-0.2, 0) is 16.6 Å². The van der Waals surface area contributed by atoms with E-state index in [0.717, 1.165) is 23.1 Å². The molecular weight excluding hydrogens is 414 g/mol. The normalized spacial score (nSPS) is 17.1. The minimum absolute atomic E-state index is 0.0208. The molecule has 0 amide bonds. The van der Waals surface area contributed by atoms with Gasteiger partial charge in [-0.1, -0.05) is 6.07 Å². The maximum absolute atomic E-state index is 13.0. The number of ether oxygens (including phenoxy) is 3. The van der Waals surface area contributed by atoms with E-state index in [2.05, 4.69) is 4.90 Å². The second kappa shape index (κ2) is 8.09. The molecule has 30 heavy (non-hydrogen) atoms. The van der Waals surface area contributed by atoms with E-state index in [1.165, 1.54) is 23.5 Å². The number of piperazine rings is 1. The van der Waals surface area contributed by atoms with Crippen LogP contribution in [0.5, 0.6) is 17.2 Å². The number of rotatable bonds is 6. The van der Waals surface area contributed by atoms with Crippen LogP contribution in [0.4, 0.5) is 5.69 Å². The lowest BCUT2D eigenvalue weighted by Crippen LogP contribution is -2.48. The zero-order valence-corrected chi connectivity index (χ0v) is 17.1. The molecule has 2 aromatic rings. The molecule has 160 valence electrons. The molecule has 2 aliphatic heterocycles. The summed E-state index contributed by atoms with van der Waals surface area (Å²) < 4.78 is 42.9. The van der Waals surface area contributed by atoms with Crippen molar-refractivity contribution in [1.82, 2.24) is 9.21 Å². The van der Waals surface area contributed by atoms with E-state index in [9.17, 15) is 18.5 Å². The standard InChI is InChI=1S/C19H21N3O7S/c1-27-17-5-3-15(11-16(17)22(23)24)30(25,26)21-8-6-20(7-9-21)12-14-2-4-18-19(10-14)29-13-28-18/h2-5,10-11H,6-9,12-13H2,1H3. The van der Waals surface area contributed by atoms with Crippen LogP contribution in [0.15, 0.2) is 41.3 Å². The highest BCUT2D eigenvalue weighted by atomic mass is 32.2. The zero-order chi connectivity index (χ0) is 21.3. The first-order chi connectivity index (χ1) is 14.4. The molecule has 0 N–H and O–H groups in total.